The van der Waals surface area contributed by atoms with Crippen LogP contribution in [0.25, 0.3) is 15.9 Å². The van der Waals surface area contributed by atoms with Crippen LogP contribution in [0.3, 0.4) is 0 Å². The van der Waals surface area contributed by atoms with Gasteiger partial charge in [-0.3, -0.25) is 24.1 Å². The Labute approximate surface area is 159 Å². The molecule has 27 heavy (non-hydrogen) atoms. The Morgan fingerprint density at radius 2 is 2.07 bits per heavy atom. The number of nitrogens with one attached hydrogen (secondary N) is 1. The molecule has 8 nitrogen and oxygen atoms in total. The lowest BCUT2D eigenvalue weighted by Gasteiger charge is -2.04. The predicted octanol–water partition coefficient (Wildman–Crippen LogP) is 3.72. The molecule has 4 rings (SSSR count). The van der Waals surface area contributed by atoms with Crippen molar-refractivity contribution in [3.8, 4) is 0 Å². The number of fused-ring (bicyclic) bond motifs is 2. The number of anilines is 1. The van der Waals surface area contributed by atoms with Crippen molar-refractivity contribution in [3.63, 3.8) is 0 Å². The lowest BCUT2D eigenvalue weighted by Crippen LogP contribution is -2.14. The fraction of sp³-hybridized carbons (Fsp3) is 0. The molecule has 1 aromatic carbocycles. The Kier molecular flexibility index (Phi) is 4.09. The van der Waals surface area contributed by atoms with Crippen LogP contribution in [0.1, 0.15) is 9.67 Å². The summed E-state index contributed by atoms with van der Waals surface area (Å²) in [5.41, 5.74) is -0.128. The van der Waals surface area contributed by atoms with Gasteiger partial charge < -0.3 is 5.32 Å². The van der Waals surface area contributed by atoms with Crippen molar-refractivity contribution >= 4 is 56.1 Å². The van der Waals surface area contributed by atoms with Gasteiger partial charge in [-0.1, -0.05) is 17.7 Å². The topological polar surface area (TPSA) is 107 Å². The quantitative estimate of drug-likeness (QED) is 0.416. The highest BCUT2D eigenvalue weighted by atomic mass is 35.5. The van der Waals surface area contributed by atoms with Gasteiger partial charge in [-0.05, 0) is 30.3 Å². The van der Waals surface area contributed by atoms with Crippen LogP contribution < -0.4 is 10.9 Å². The molecule has 0 aliphatic rings. The Morgan fingerprint density at radius 3 is 2.85 bits per heavy atom. The molecule has 3 aromatic heterocycles. The van der Waals surface area contributed by atoms with E-state index in [-0.39, 0.29) is 26.8 Å². The highest BCUT2D eigenvalue weighted by Gasteiger charge is 2.19. The predicted molar refractivity (Wildman–Crippen MR) is 103 cm³/mol. The fourth-order valence-electron chi connectivity index (χ4n) is 2.61. The van der Waals surface area contributed by atoms with Crippen molar-refractivity contribution in [3.05, 3.63) is 79.0 Å². The van der Waals surface area contributed by atoms with Gasteiger partial charge in [0.15, 0.2) is 0 Å². The number of nitrogens with zero attached hydrogens (tertiary/aromatic N) is 3. The van der Waals surface area contributed by atoms with Crippen molar-refractivity contribution in [1.29, 1.82) is 0 Å². The molecular formula is C17H9ClN4O4S. The number of rotatable bonds is 3. The number of benzene rings is 1. The lowest BCUT2D eigenvalue weighted by molar-refractivity contribution is -0.383. The molecule has 0 unspecified atom stereocenters. The van der Waals surface area contributed by atoms with Crippen LogP contribution in [-0.4, -0.2) is 20.2 Å². The number of carbonyl (C=O) groups excluding carboxylic acids is 1. The molecule has 1 amide bonds. The molecule has 4 aromatic rings. The second-order valence-corrected chi connectivity index (χ2v) is 7.02. The SMILES string of the molecule is O=C(Nc1cc(Cl)ccc1[N+](=O)[O-])c1cc2c(=O)n3ccccc3nc2s1. The van der Waals surface area contributed by atoms with Crippen molar-refractivity contribution in [2.24, 2.45) is 0 Å². The molecule has 1 N–H and O–H groups in total. The fourth-order valence-corrected chi connectivity index (χ4v) is 3.71. The van der Waals surface area contributed by atoms with Crippen molar-refractivity contribution in [2.75, 3.05) is 5.32 Å². The van der Waals surface area contributed by atoms with Crippen LogP contribution >= 0.6 is 22.9 Å². The van der Waals surface area contributed by atoms with Gasteiger partial charge in [-0.15, -0.1) is 11.3 Å². The molecule has 0 bridgehead atoms. The van der Waals surface area contributed by atoms with Gasteiger partial charge in [0.1, 0.15) is 16.2 Å². The molecule has 0 atom stereocenters. The number of hydrogen-bond acceptors (Lipinski definition) is 6. The molecule has 0 fully saturated rings. The molecule has 0 saturated heterocycles. The summed E-state index contributed by atoms with van der Waals surface area (Å²) in [6.07, 6.45) is 1.59. The smallest absolute Gasteiger partial charge is 0.292 e. The van der Waals surface area contributed by atoms with Gasteiger partial charge in [0.05, 0.1) is 15.2 Å². The Hall–Kier alpha value is -3.30. The summed E-state index contributed by atoms with van der Waals surface area (Å²) in [5.74, 6) is -0.586. The zero-order valence-electron chi connectivity index (χ0n) is 13.4. The van der Waals surface area contributed by atoms with E-state index in [4.69, 9.17) is 11.6 Å². The summed E-state index contributed by atoms with van der Waals surface area (Å²) < 4.78 is 1.39. The van der Waals surface area contributed by atoms with Crippen LogP contribution in [0.15, 0.2) is 53.5 Å². The number of carbonyl (C=O) groups is 1. The van der Waals surface area contributed by atoms with Gasteiger partial charge in [-0.25, -0.2) is 4.98 Å². The van der Waals surface area contributed by atoms with Crippen molar-refractivity contribution in [1.82, 2.24) is 9.38 Å². The van der Waals surface area contributed by atoms with Crippen LogP contribution in [0.5, 0.6) is 0 Å². The third kappa shape index (κ3) is 3.03. The first-order valence-corrected chi connectivity index (χ1v) is 8.80. The van der Waals surface area contributed by atoms with Crippen molar-refractivity contribution in [2.45, 2.75) is 0 Å². The van der Waals surface area contributed by atoms with Crippen LogP contribution in [0.2, 0.25) is 5.02 Å². The number of hydrogen-bond donors (Lipinski definition) is 1. The lowest BCUT2D eigenvalue weighted by atomic mass is 10.2. The van der Waals surface area contributed by atoms with Crippen molar-refractivity contribution < 1.29 is 9.72 Å². The first kappa shape index (κ1) is 17.1. The van der Waals surface area contributed by atoms with Gasteiger partial charge in [0.25, 0.3) is 17.2 Å². The van der Waals surface area contributed by atoms with E-state index in [0.29, 0.717) is 15.9 Å². The van der Waals surface area contributed by atoms with E-state index < -0.39 is 10.8 Å². The van der Waals surface area contributed by atoms with Gasteiger partial charge in [0.2, 0.25) is 0 Å². The second kappa shape index (κ2) is 6.45. The Bertz CT molecular complexity index is 1300. The number of pyridine rings is 1. The molecule has 3 heterocycles. The molecule has 10 heteroatoms. The normalized spacial score (nSPS) is 11.0. The van der Waals surface area contributed by atoms with Gasteiger partial charge in [-0.2, -0.15) is 0 Å². The van der Waals surface area contributed by atoms with E-state index >= 15 is 0 Å². The monoisotopic (exact) mass is 400 g/mol. The highest BCUT2D eigenvalue weighted by molar-refractivity contribution is 7.20. The zero-order valence-corrected chi connectivity index (χ0v) is 15.0. The number of aromatic nitrogens is 2. The summed E-state index contributed by atoms with van der Waals surface area (Å²) >= 11 is 6.90. The maximum absolute atomic E-state index is 12.6. The second-order valence-electron chi connectivity index (χ2n) is 5.55. The summed E-state index contributed by atoms with van der Waals surface area (Å²) in [4.78, 5) is 40.7. The molecular weight excluding hydrogens is 392 g/mol. The minimum absolute atomic E-state index is 0.0233. The average Bonchev–Trinajstić information content (AvgIpc) is 3.06. The summed E-state index contributed by atoms with van der Waals surface area (Å²) in [5, 5.41) is 14.2. The zero-order chi connectivity index (χ0) is 19.1. The Balaban J connectivity index is 1.77. The van der Waals surface area contributed by atoms with Gasteiger partial charge >= 0.3 is 0 Å². The highest BCUT2D eigenvalue weighted by Crippen LogP contribution is 2.29. The number of halogens is 1. The van der Waals surface area contributed by atoms with Crippen LogP contribution in [0, 0.1) is 10.1 Å². The summed E-state index contributed by atoms with van der Waals surface area (Å²) in [7, 11) is 0. The summed E-state index contributed by atoms with van der Waals surface area (Å²) in [6, 6.07) is 10.5. The molecule has 0 spiro atoms. The van der Waals surface area contributed by atoms with E-state index in [1.165, 1.54) is 28.7 Å². The number of amides is 1. The van der Waals surface area contributed by atoms with E-state index in [1.807, 2.05) is 0 Å². The largest absolute Gasteiger partial charge is 0.315 e. The minimum Gasteiger partial charge on any atom is -0.315 e. The number of nitro benzene ring substituents is 1. The minimum atomic E-state index is -0.614. The maximum atomic E-state index is 12.6. The first-order valence-electron chi connectivity index (χ1n) is 7.60. The molecule has 0 aliphatic carbocycles. The first-order chi connectivity index (χ1) is 12.9. The van der Waals surface area contributed by atoms with Crippen LogP contribution in [0.4, 0.5) is 11.4 Å². The Morgan fingerprint density at radius 1 is 1.26 bits per heavy atom. The molecule has 0 aliphatic heterocycles. The maximum Gasteiger partial charge on any atom is 0.292 e. The van der Waals surface area contributed by atoms with Gasteiger partial charge in [0, 0.05) is 17.3 Å². The van der Waals surface area contributed by atoms with E-state index in [9.17, 15) is 19.7 Å². The van der Waals surface area contributed by atoms with Crippen LogP contribution in [-0.2, 0) is 0 Å². The van der Waals surface area contributed by atoms with E-state index in [0.717, 1.165) is 11.3 Å². The number of thiophene rings is 1. The summed E-state index contributed by atoms with van der Waals surface area (Å²) in [6.45, 7) is 0. The standard InChI is InChI=1S/C17H9ClN4O4S/c18-9-4-5-12(22(25)26)11(7-9)19-15(23)13-8-10-16(27-13)20-14-3-1-2-6-21(14)17(10)24/h1-8H,(H,19,23). The van der Waals surface area contributed by atoms with E-state index in [2.05, 4.69) is 10.3 Å². The third-order valence-electron chi connectivity index (χ3n) is 3.84. The molecule has 134 valence electrons. The van der Waals surface area contributed by atoms with E-state index in [1.54, 1.807) is 24.4 Å². The molecule has 0 saturated carbocycles. The number of nitro groups is 1. The molecule has 0 radical (unpaired) electrons. The third-order valence-corrected chi connectivity index (χ3v) is 5.11. The average molecular weight is 401 g/mol.